The molecule has 18 heavy (non-hydrogen) atoms. The van der Waals surface area contributed by atoms with Crippen LogP contribution in [0.3, 0.4) is 0 Å². The van der Waals surface area contributed by atoms with Crippen molar-refractivity contribution in [2.75, 3.05) is 6.61 Å². The summed E-state index contributed by atoms with van der Waals surface area (Å²) in [6, 6.07) is 2.52. The molecule has 0 aliphatic heterocycles. The van der Waals surface area contributed by atoms with Crippen molar-refractivity contribution < 1.29 is 32.9 Å². The Hall–Kier alpha value is -1.18. The van der Waals surface area contributed by atoms with Crippen LogP contribution in [0, 0.1) is 5.82 Å². The molecule has 0 radical (unpaired) electrons. The van der Waals surface area contributed by atoms with Gasteiger partial charge in [0.2, 0.25) is 0 Å². The van der Waals surface area contributed by atoms with Gasteiger partial charge in [-0.25, -0.2) is 4.39 Å². The summed E-state index contributed by atoms with van der Waals surface area (Å²) in [6.45, 7) is -0.505. The summed E-state index contributed by atoms with van der Waals surface area (Å²) in [6.07, 6.45) is -8.79. The second-order valence-corrected chi connectivity index (χ2v) is 3.73. The minimum absolute atomic E-state index is 0.311. The van der Waals surface area contributed by atoms with Gasteiger partial charge >= 0.3 is 6.18 Å². The molecule has 0 aromatic heterocycles. The van der Waals surface area contributed by atoms with Crippen LogP contribution in [-0.4, -0.2) is 28.0 Å². The molecule has 102 valence electrons. The Labute approximate surface area is 100 Å². The maximum absolute atomic E-state index is 13.2. The molecular formula is C11H12F4O3. The van der Waals surface area contributed by atoms with Crippen molar-refractivity contribution in [1.29, 1.82) is 0 Å². The maximum Gasteiger partial charge on any atom is 0.419 e. The molecule has 0 saturated heterocycles. The van der Waals surface area contributed by atoms with Crippen molar-refractivity contribution in [3.8, 4) is 0 Å². The highest BCUT2D eigenvalue weighted by molar-refractivity contribution is 5.33. The first-order chi connectivity index (χ1) is 8.29. The van der Waals surface area contributed by atoms with Gasteiger partial charge in [0.15, 0.2) is 0 Å². The van der Waals surface area contributed by atoms with E-state index in [1.807, 2.05) is 0 Å². The van der Waals surface area contributed by atoms with E-state index in [-0.39, 0.29) is 6.42 Å². The molecular weight excluding hydrogens is 256 g/mol. The quantitative estimate of drug-likeness (QED) is 0.727. The second kappa shape index (κ2) is 5.64. The summed E-state index contributed by atoms with van der Waals surface area (Å²) < 4.78 is 51.1. The van der Waals surface area contributed by atoms with Crippen molar-refractivity contribution in [3.05, 3.63) is 35.1 Å². The molecule has 1 aromatic carbocycles. The SMILES string of the molecule is OCCC(O)C(O)c1cccc(F)c1C(F)(F)F. The molecule has 0 heterocycles. The molecule has 0 spiro atoms. The summed E-state index contributed by atoms with van der Waals surface area (Å²) in [5.41, 5.74) is -2.35. The van der Waals surface area contributed by atoms with E-state index < -0.39 is 41.9 Å². The fraction of sp³-hybridized carbons (Fsp3) is 0.455. The monoisotopic (exact) mass is 268 g/mol. The summed E-state index contributed by atoms with van der Waals surface area (Å²) in [5.74, 6) is -1.52. The van der Waals surface area contributed by atoms with Crippen LogP contribution < -0.4 is 0 Å². The highest BCUT2D eigenvalue weighted by Crippen LogP contribution is 2.37. The average molecular weight is 268 g/mol. The van der Waals surface area contributed by atoms with E-state index in [9.17, 15) is 27.8 Å². The van der Waals surface area contributed by atoms with Crippen LogP contribution in [0.1, 0.15) is 23.7 Å². The minimum Gasteiger partial charge on any atom is -0.396 e. The predicted octanol–water partition coefficient (Wildman–Crippen LogP) is 1.62. The number of benzene rings is 1. The van der Waals surface area contributed by atoms with Crippen LogP contribution in [0.2, 0.25) is 0 Å². The lowest BCUT2D eigenvalue weighted by Gasteiger charge is -2.21. The molecule has 0 amide bonds. The van der Waals surface area contributed by atoms with E-state index in [2.05, 4.69) is 0 Å². The molecule has 7 heteroatoms. The zero-order valence-corrected chi connectivity index (χ0v) is 9.15. The summed E-state index contributed by atoms with van der Waals surface area (Å²) in [4.78, 5) is 0. The van der Waals surface area contributed by atoms with E-state index >= 15 is 0 Å². The molecule has 0 aliphatic carbocycles. The second-order valence-electron chi connectivity index (χ2n) is 3.73. The Balaban J connectivity index is 3.20. The van der Waals surface area contributed by atoms with Crippen molar-refractivity contribution in [1.82, 2.24) is 0 Å². The summed E-state index contributed by atoms with van der Waals surface area (Å²) in [5, 5.41) is 27.5. The lowest BCUT2D eigenvalue weighted by atomic mass is 9.96. The highest BCUT2D eigenvalue weighted by Gasteiger charge is 2.39. The van der Waals surface area contributed by atoms with Crippen LogP contribution in [0.4, 0.5) is 17.6 Å². The molecule has 0 aliphatic rings. The maximum atomic E-state index is 13.2. The van der Waals surface area contributed by atoms with Gasteiger partial charge < -0.3 is 15.3 Å². The Kier molecular flexibility index (Phi) is 4.66. The summed E-state index contributed by atoms with van der Waals surface area (Å²) in [7, 11) is 0. The zero-order valence-electron chi connectivity index (χ0n) is 9.15. The molecule has 3 N–H and O–H groups in total. The van der Waals surface area contributed by atoms with Gasteiger partial charge in [0.1, 0.15) is 11.9 Å². The average Bonchev–Trinajstić information content (AvgIpc) is 2.26. The van der Waals surface area contributed by atoms with Gasteiger partial charge in [-0.1, -0.05) is 12.1 Å². The van der Waals surface area contributed by atoms with E-state index in [1.54, 1.807) is 0 Å². The smallest absolute Gasteiger partial charge is 0.396 e. The number of hydrogen-bond donors (Lipinski definition) is 3. The number of rotatable bonds is 4. The van der Waals surface area contributed by atoms with Gasteiger partial charge in [-0.15, -0.1) is 0 Å². The molecule has 1 rings (SSSR count). The minimum atomic E-state index is -4.97. The van der Waals surface area contributed by atoms with Gasteiger partial charge in [0.05, 0.1) is 11.7 Å². The first-order valence-electron chi connectivity index (χ1n) is 5.11. The zero-order chi connectivity index (χ0) is 13.9. The Morgan fingerprint density at radius 2 is 1.78 bits per heavy atom. The van der Waals surface area contributed by atoms with Gasteiger partial charge in [0, 0.05) is 6.61 Å². The van der Waals surface area contributed by atoms with Crippen LogP contribution in [0.25, 0.3) is 0 Å². The number of aliphatic hydroxyl groups excluding tert-OH is 3. The topological polar surface area (TPSA) is 60.7 Å². The number of alkyl halides is 3. The van der Waals surface area contributed by atoms with Gasteiger partial charge in [0.25, 0.3) is 0 Å². The van der Waals surface area contributed by atoms with Crippen LogP contribution in [0.5, 0.6) is 0 Å². The van der Waals surface area contributed by atoms with Gasteiger partial charge in [-0.05, 0) is 18.1 Å². The third-order valence-corrected chi connectivity index (χ3v) is 2.44. The third-order valence-electron chi connectivity index (χ3n) is 2.44. The molecule has 1 aromatic rings. The number of hydrogen-bond acceptors (Lipinski definition) is 3. The number of aliphatic hydroxyl groups is 3. The van der Waals surface area contributed by atoms with Gasteiger partial charge in [-0.2, -0.15) is 13.2 Å². The van der Waals surface area contributed by atoms with Gasteiger partial charge in [-0.3, -0.25) is 0 Å². The summed E-state index contributed by atoms with van der Waals surface area (Å²) >= 11 is 0. The molecule has 3 nitrogen and oxygen atoms in total. The third kappa shape index (κ3) is 3.18. The van der Waals surface area contributed by atoms with Crippen LogP contribution in [-0.2, 0) is 6.18 Å². The number of halogens is 4. The van der Waals surface area contributed by atoms with Crippen LogP contribution in [0.15, 0.2) is 18.2 Å². The largest absolute Gasteiger partial charge is 0.419 e. The van der Waals surface area contributed by atoms with E-state index in [0.717, 1.165) is 12.1 Å². The Morgan fingerprint density at radius 1 is 1.17 bits per heavy atom. The fourth-order valence-corrected chi connectivity index (χ4v) is 1.58. The van der Waals surface area contributed by atoms with Crippen molar-refractivity contribution in [3.63, 3.8) is 0 Å². The normalized spacial score (nSPS) is 15.5. The molecule has 2 atom stereocenters. The standard InChI is InChI=1S/C11H12F4O3/c12-7-3-1-2-6(9(7)11(13,14)15)10(18)8(17)4-5-16/h1-3,8,10,16-18H,4-5H2. The Morgan fingerprint density at radius 3 is 2.28 bits per heavy atom. The molecule has 0 saturated carbocycles. The molecule has 0 fully saturated rings. The highest BCUT2D eigenvalue weighted by atomic mass is 19.4. The fourth-order valence-electron chi connectivity index (χ4n) is 1.58. The van der Waals surface area contributed by atoms with Crippen molar-refractivity contribution >= 4 is 0 Å². The van der Waals surface area contributed by atoms with Crippen molar-refractivity contribution in [2.24, 2.45) is 0 Å². The lowest BCUT2D eigenvalue weighted by molar-refractivity contribution is -0.142. The van der Waals surface area contributed by atoms with Crippen molar-refractivity contribution in [2.45, 2.75) is 24.8 Å². The first kappa shape index (κ1) is 14.9. The first-order valence-corrected chi connectivity index (χ1v) is 5.11. The predicted molar refractivity (Wildman–Crippen MR) is 54.1 cm³/mol. The van der Waals surface area contributed by atoms with E-state index in [1.165, 1.54) is 0 Å². The molecule has 0 bridgehead atoms. The van der Waals surface area contributed by atoms with E-state index in [4.69, 9.17) is 5.11 Å². The van der Waals surface area contributed by atoms with E-state index in [0.29, 0.717) is 6.07 Å². The Bertz CT molecular complexity index is 406. The van der Waals surface area contributed by atoms with Crippen LogP contribution >= 0.6 is 0 Å². The lowest BCUT2D eigenvalue weighted by Crippen LogP contribution is -2.23. The molecule has 2 unspecified atom stereocenters.